The van der Waals surface area contributed by atoms with E-state index in [0.29, 0.717) is 0 Å². The minimum absolute atomic E-state index is 1.05. The van der Waals surface area contributed by atoms with Gasteiger partial charge in [-0.15, -0.1) is 0 Å². The van der Waals surface area contributed by atoms with Crippen LogP contribution in [0.4, 0.5) is 0 Å². The molecule has 0 aliphatic heterocycles. The van der Waals surface area contributed by atoms with Crippen LogP contribution in [0.1, 0.15) is 24.5 Å². The van der Waals surface area contributed by atoms with E-state index in [-0.39, 0.29) is 0 Å². The molecule has 0 aromatic heterocycles. The molecule has 1 aromatic carbocycles. The van der Waals surface area contributed by atoms with Crippen LogP contribution in [0, 0.1) is 0 Å². The van der Waals surface area contributed by atoms with E-state index in [9.17, 15) is 0 Å². The Morgan fingerprint density at radius 2 is 2.20 bits per heavy atom. The normalized spacial score (nSPS) is 14.7. The molecule has 0 radical (unpaired) electrons. The summed E-state index contributed by atoms with van der Waals surface area (Å²) in [6, 6.07) is 8.57. The van der Waals surface area contributed by atoms with Crippen molar-refractivity contribution in [2.45, 2.75) is 19.8 Å². The lowest BCUT2D eigenvalue weighted by Crippen LogP contribution is -1.87. The molecule has 0 bridgehead atoms. The van der Waals surface area contributed by atoms with Gasteiger partial charge < -0.3 is 0 Å². The van der Waals surface area contributed by atoms with Gasteiger partial charge in [0.15, 0.2) is 0 Å². The topological polar surface area (TPSA) is 0 Å². The zero-order valence-corrected chi connectivity index (χ0v) is 9.16. The quantitative estimate of drug-likeness (QED) is 0.637. The maximum atomic E-state index is 3.88. The maximum Gasteiger partial charge on any atom is -0.00138 e. The van der Waals surface area contributed by atoms with Crippen LogP contribution in [0.15, 0.2) is 54.1 Å². The van der Waals surface area contributed by atoms with E-state index in [2.05, 4.69) is 49.9 Å². The molecule has 1 aromatic rings. The lowest BCUT2D eigenvalue weighted by Gasteiger charge is -2.02. The van der Waals surface area contributed by atoms with Crippen LogP contribution in [-0.2, 0) is 6.42 Å². The highest BCUT2D eigenvalue weighted by molar-refractivity contribution is 5.69. The van der Waals surface area contributed by atoms with Crippen LogP contribution < -0.4 is 0 Å². The van der Waals surface area contributed by atoms with E-state index in [1.54, 1.807) is 0 Å². The summed E-state index contributed by atoms with van der Waals surface area (Å²) in [5.74, 6) is 0. The molecular formula is C15H16. The van der Waals surface area contributed by atoms with Gasteiger partial charge >= 0.3 is 0 Å². The van der Waals surface area contributed by atoms with Crippen molar-refractivity contribution in [3.63, 3.8) is 0 Å². The van der Waals surface area contributed by atoms with E-state index < -0.39 is 0 Å². The first kappa shape index (κ1) is 9.97. The molecule has 0 saturated heterocycles. The Kier molecular flexibility index (Phi) is 2.86. The van der Waals surface area contributed by atoms with Crippen molar-refractivity contribution in [2.24, 2.45) is 0 Å². The summed E-state index contributed by atoms with van der Waals surface area (Å²) >= 11 is 0. The van der Waals surface area contributed by atoms with Crippen LogP contribution in [-0.4, -0.2) is 0 Å². The molecule has 1 aliphatic rings. The maximum absolute atomic E-state index is 3.88. The fourth-order valence-electron chi connectivity index (χ4n) is 2.03. The van der Waals surface area contributed by atoms with Crippen molar-refractivity contribution in [1.82, 2.24) is 0 Å². The van der Waals surface area contributed by atoms with E-state index in [1.807, 2.05) is 6.08 Å². The summed E-state index contributed by atoms with van der Waals surface area (Å²) in [4.78, 5) is 0. The SMILES string of the molecule is C=C/C(=C\CC)C1=Cc2ccccc2C1. The molecule has 0 heterocycles. The Morgan fingerprint density at radius 3 is 2.87 bits per heavy atom. The molecule has 0 fully saturated rings. The summed E-state index contributed by atoms with van der Waals surface area (Å²) < 4.78 is 0. The summed E-state index contributed by atoms with van der Waals surface area (Å²) in [7, 11) is 0. The third kappa shape index (κ3) is 1.94. The first-order valence-electron chi connectivity index (χ1n) is 5.46. The number of fused-ring (bicyclic) bond motifs is 1. The van der Waals surface area contributed by atoms with E-state index in [1.165, 1.54) is 22.3 Å². The third-order valence-corrected chi connectivity index (χ3v) is 2.78. The molecule has 76 valence electrons. The standard InChI is InChI=1S/C15H16/c1-3-7-12(4-2)15-10-13-8-5-6-9-14(13)11-15/h4-10H,2-3,11H2,1H3/b12-7+. The highest BCUT2D eigenvalue weighted by Crippen LogP contribution is 2.29. The molecule has 0 spiro atoms. The lowest BCUT2D eigenvalue weighted by molar-refractivity contribution is 1.16. The van der Waals surface area contributed by atoms with Gasteiger partial charge in [-0.25, -0.2) is 0 Å². The molecular weight excluding hydrogens is 180 g/mol. The molecule has 0 saturated carbocycles. The van der Waals surface area contributed by atoms with Gasteiger partial charge in [-0.3, -0.25) is 0 Å². The van der Waals surface area contributed by atoms with Crippen LogP contribution in [0.3, 0.4) is 0 Å². The Morgan fingerprint density at radius 1 is 1.40 bits per heavy atom. The number of rotatable bonds is 3. The van der Waals surface area contributed by atoms with E-state index in [0.717, 1.165) is 12.8 Å². The third-order valence-electron chi connectivity index (χ3n) is 2.78. The zero-order valence-electron chi connectivity index (χ0n) is 9.16. The molecule has 0 amide bonds. The molecule has 0 unspecified atom stereocenters. The number of allylic oxidation sites excluding steroid dienone is 4. The molecule has 0 nitrogen and oxygen atoms in total. The summed E-state index contributed by atoms with van der Waals surface area (Å²) in [5.41, 5.74) is 5.47. The first-order valence-corrected chi connectivity index (χ1v) is 5.46. The predicted octanol–water partition coefficient (Wildman–Crippen LogP) is 4.15. The minimum atomic E-state index is 1.05. The number of benzene rings is 1. The molecule has 1 aliphatic carbocycles. The fraction of sp³-hybridized carbons (Fsp3) is 0.200. The first-order chi connectivity index (χ1) is 7.35. The molecule has 0 atom stereocenters. The van der Waals surface area contributed by atoms with Gasteiger partial charge in [0.2, 0.25) is 0 Å². The Hall–Kier alpha value is -1.56. The molecule has 0 heteroatoms. The monoisotopic (exact) mass is 196 g/mol. The van der Waals surface area contributed by atoms with Gasteiger partial charge in [0.25, 0.3) is 0 Å². The van der Waals surface area contributed by atoms with Crippen molar-refractivity contribution in [3.8, 4) is 0 Å². The summed E-state index contributed by atoms with van der Waals surface area (Å²) in [5, 5.41) is 0. The van der Waals surface area contributed by atoms with Crippen LogP contribution >= 0.6 is 0 Å². The van der Waals surface area contributed by atoms with Gasteiger partial charge in [0.05, 0.1) is 0 Å². The van der Waals surface area contributed by atoms with Gasteiger partial charge in [-0.2, -0.15) is 0 Å². The van der Waals surface area contributed by atoms with Crippen molar-refractivity contribution in [1.29, 1.82) is 0 Å². The van der Waals surface area contributed by atoms with Crippen molar-refractivity contribution in [2.75, 3.05) is 0 Å². The minimum Gasteiger partial charge on any atom is -0.0985 e. The van der Waals surface area contributed by atoms with Crippen LogP contribution in [0.5, 0.6) is 0 Å². The molecule has 15 heavy (non-hydrogen) atoms. The van der Waals surface area contributed by atoms with E-state index in [4.69, 9.17) is 0 Å². The smallest absolute Gasteiger partial charge is 0.00138 e. The lowest BCUT2D eigenvalue weighted by atomic mass is 10.0. The number of hydrogen-bond acceptors (Lipinski definition) is 0. The molecule has 2 rings (SSSR count). The summed E-state index contributed by atoms with van der Waals surface area (Å²) in [6.45, 7) is 6.04. The fourth-order valence-corrected chi connectivity index (χ4v) is 2.03. The second-order valence-electron chi connectivity index (χ2n) is 3.82. The van der Waals surface area contributed by atoms with E-state index >= 15 is 0 Å². The predicted molar refractivity (Wildman–Crippen MR) is 66.7 cm³/mol. The summed E-state index contributed by atoms with van der Waals surface area (Å²) in [6.07, 6.45) is 8.59. The average Bonchev–Trinajstić information content (AvgIpc) is 2.69. The van der Waals surface area contributed by atoms with Crippen LogP contribution in [0.25, 0.3) is 6.08 Å². The Balaban J connectivity index is 2.31. The van der Waals surface area contributed by atoms with Gasteiger partial charge in [0, 0.05) is 0 Å². The average molecular weight is 196 g/mol. The van der Waals surface area contributed by atoms with Gasteiger partial charge in [0.1, 0.15) is 0 Å². The van der Waals surface area contributed by atoms with Crippen molar-refractivity contribution in [3.05, 3.63) is 65.3 Å². The number of hydrogen-bond donors (Lipinski definition) is 0. The highest BCUT2D eigenvalue weighted by Gasteiger charge is 2.12. The largest absolute Gasteiger partial charge is 0.0985 e. The second kappa shape index (κ2) is 4.31. The zero-order chi connectivity index (χ0) is 10.7. The highest BCUT2D eigenvalue weighted by atomic mass is 14.2. The van der Waals surface area contributed by atoms with Crippen LogP contribution in [0.2, 0.25) is 0 Å². The van der Waals surface area contributed by atoms with Gasteiger partial charge in [-0.1, -0.05) is 56.0 Å². The van der Waals surface area contributed by atoms with Crippen molar-refractivity contribution < 1.29 is 0 Å². The Bertz CT molecular complexity index is 433. The Labute approximate surface area is 91.6 Å². The van der Waals surface area contributed by atoms with Crippen molar-refractivity contribution >= 4 is 6.08 Å². The van der Waals surface area contributed by atoms with Gasteiger partial charge in [-0.05, 0) is 35.1 Å². The second-order valence-corrected chi connectivity index (χ2v) is 3.82. The molecule has 0 N–H and O–H groups in total.